The monoisotopic (exact) mass is 364 g/mol. The fourth-order valence-electron chi connectivity index (χ4n) is 2.41. The van der Waals surface area contributed by atoms with Gasteiger partial charge in [0.15, 0.2) is 24.7 Å². The van der Waals surface area contributed by atoms with Crippen molar-refractivity contribution in [3.8, 4) is 11.5 Å². The van der Waals surface area contributed by atoms with Crippen molar-refractivity contribution < 1.29 is 28.6 Å². The molecule has 1 aliphatic heterocycles. The number of ether oxygens (including phenoxy) is 3. The number of para-hydroxylation sites is 1. The van der Waals surface area contributed by atoms with Crippen LogP contribution in [0.4, 0.5) is 0 Å². The Kier molecular flexibility index (Phi) is 6.07. The molecule has 8 nitrogen and oxygen atoms in total. The lowest BCUT2D eigenvalue weighted by Crippen LogP contribution is -2.38. The predicted molar refractivity (Wildman–Crippen MR) is 93.0 cm³/mol. The number of amides is 2. The number of benzene rings is 1. The van der Waals surface area contributed by atoms with E-state index in [2.05, 4.69) is 5.32 Å². The standard InChI is InChI=1S/C18H24N2O6/c1-18(2)8-12-6-5-7-13(17(12)26-18)24-11-16(23)25-10-14(21)19-9-15(22)20(3)4/h5-7H,8-11H2,1-4H3,(H,19,21). The van der Waals surface area contributed by atoms with Crippen molar-refractivity contribution in [2.45, 2.75) is 25.9 Å². The van der Waals surface area contributed by atoms with E-state index >= 15 is 0 Å². The number of carbonyl (C=O) groups is 3. The maximum atomic E-state index is 11.8. The minimum atomic E-state index is -0.686. The van der Waals surface area contributed by atoms with E-state index in [0.717, 1.165) is 12.0 Å². The molecule has 0 unspecified atom stereocenters. The van der Waals surface area contributed by atoms with Crippen LogP contribution in [0, 0.1) is 0 Å². The van der Waals surface area contributed by atoms with Gasteiger partial charge in [0.25, 0.3) is 5.91 Å². The van der Waals surface area contributed by atoms with Crippen molar-refractivity contribution in [2.24, 2.45) is 0 Å². The van der Waals surface area contributed by atoms with E-state index in [1.54, 1.807) is 20.2 Å². The Morgan fingerprint density at radius 3 is 2.65 bits per heavy atom. The molecular weight excluding hydrogens is 340 g/mol. The summed E-state index contributed by atoms with van der Waals surface area (Å²) in [5.74, 6) is -0.404. The zero-order valence-electron chi connectivity index (χ0n) is 15.5. The van der Waals surface area contributed by atoms with E-state index in [4.69, 9.17) is 14.2 Å². The van der Waals surface area contributed by atoms with Gasteiger partial charge >= 0.3 is 5.97 Å². The van der Waals surface area contributed by atoms with Crippen LogP contribution >= 0.6 is 0 Å². The van der Waals surface area contributed by atoms with Crippen LogP contribution in [0.25, 0.3) is 0 Å². The lowest BCUT2D eigenvalue weighted by molar-refractivity contribution is -0.150. The number of likely N-dealkylation sites (N-methyl/N-ethyl adjacent to an activating group) is 1. The van der Waals surface area contributed by atoms with Crippen LogP contribution in [0.15, 0.2) is 18.2 Å². The third-order valence-electron chi connectivity index (χ3n) is 3.70. The maximum Gasteiger partial charge on any atom is 0.344 e. The second-order valence-corrected chi connectivity index (χ2v) is 6.80. The van der Waals surface area contributed by atoms with Gasteiger partial charge in [-0.05, 0) is 19.9 Å². The van der Waals surface area contributed by atoms with Gasteiger partial charge < -0.3 is 24.4 Å². The molecule has 0 saturated heterocycles. The van der Waals surface area contributed by atoms with Crippen molar-refractivity contribution in [3.05, 3.63) is 23.8 Å². The molecule has 0 saturated carbocycles. The first kappa shape index (κ1) is 19.6. The molecule has 0 spiro atoms. The number of esters is 1. The third kappa shape index (κ3) is 5.37. The molecule has 1 N–H and O–H groups in total. The van der Waals surface area contributed by atoms with Gasteiger partial charge in [-0.1, -0.05) is 12.1 Å². The Labute approximate surface area is 152 Å². The molecule has 1 aromatic carbocycles. The minimum Gasteiger partial charge on any atom is -0.483 e. The maximum absolute atomic E-state index is 11.8. The summed E-state index contributed by atoms with van der Waals surface area (Å²) in [5.41, 5.74) is 0.704. The number of hydrogen-bond donors (Lipinski definition) is 1. The summed E-state index contributed by atoms with van der Waals surface area (Å²) in [6, 6.07) is 5.50. The van der Waals surface area contributed by atoms with Crippen molar-refractivity contribution >= 4 is 17.8 Å². The average molecular weight is 364 g/mol. The Morgan fingerprint density at radius 2 is 1.96 bits per heavy atom. The van der Waals surface area contributed by atoms with Gasteiger partial charge in [0.05, 0.1) is 6.54 Å². The van der Waals surface area contributed by atoms with Gasteiger partial charge in [-0.2, -0.15) is 0 Å². The van der Waals surface area contributed by atoms with Crippen molar-refractivity contribution in [1.29, 1.82) is 0 Å². The van der Waals surface area contributed by atoms with Gasteiger partial charge in [0.2, 0.25) is 5.91 Å². The summed E-state index contributed by atoms with van der Waals surface area (Å²) in [5, 5.41) is 2.37. The summed E-state index contributed by atoms with van der Waals surface area (Å²) < 4.78 is 16.2. The van der Waals surface area contributed by atoms with Gasteiger partial charge in [-0.25, -0.2) is 4.79 Å². The first-order valence-electron chi connectivity index (χ1n) is 8.24. The second kappa shape index (κ2) is 8.07. The Balaban J connectivity index is 1.76. The first-order valence-corrected chi connectivity index (χ1v) is 8.24. The first-order chi connectivity index (χ1) is 12.2. The summed E-state index contributed by atoms with van der Waals surface area (Å²) in [6.45, 7) is 2.99. The van der Waals surface area contributed by atoms with Gasteiger partial charge in [-0.3, -0.25) is 9.59 Å². The van der Waals surface area contributed by atoms with E-state index in [9.17, 15) is 14.4 Å². The molecule has 1 aliphatic rings. The summed E-state index contributed by atoms with van der Waals surface area (Å²) in [4.78, 5) is 36.0. The lowest BCUT2D eigenvalue weighted by atomic mass is 10.0. The van der Waals surface area contributed by atoms with E-state index < -0.39 is 18.5 Å². The number of hydrogen-bond acceptors (Lipinski definition) is 6. The number of nitrogens with one attached hydrogen (secondary N) is 1. The third-order valence-corrected chi connectivity index (χ3v) is 3.70. The van der Waals surface area contributed by atoms with Crippen LogP contribution in [-0.2, 0) is 25.5 Å². The smallest absolute Gasteiger partial charge is 0.344 e. The van der Waals surface area contributed by atoms with Crippen molar-refractivity contribution in [1.82, 2.24) is 10.2 Å². The molecule has 0 fully saturated rings. The molecule has 0 bridgehead atoms. The van der Waals surface area contributed by atoms with Crippen LogP contribution in [0.1, 0.15) is 19.4 Å². The Morgan fingerprint density at radius 1 is 1.23 bits per heavy atom. The lowest BCUT2D eigenvalue weighted by Gasteiger charge is -2.18. The largest absolute Gasteiger partial charge is 0.483 e. The fraction of sp³-hybridized carbons (Fsp3) is 0.500. The van der Waals surface area contributed by atoms with E-state index in [0.29, 0.717) is 11.5 Å². The molecular formula is C18H24N2O6. The van der Waals surface area contributed by atoms with Crippen LogP contribution in [0.5, 0.6) is 11.5 Å². The molecule has 1 aromatic rings. The van der Waals surface area contributed by atoms with Gasteiger partial charge in [-0.15, -0.1) is 0 Å². The van der Waals surface area contributed by atoms with Gasteiger partial charge in [0, 0.05) is 26.1 Å². The molecule has 26 heavy (non-hydrogen) atoms. The van der Waals surface area contributed by atoms with E-state index in [1.807, 2.05) is 26.0 Å². The molecule has 0 aliphatic carbocycles. The minimum absolute atomic E-state index is 0.150. The summed E-state index contributed by atoms with van der Waals surface area (Å²) >= 11 is 0. The Hall–Kier alpha value is -2.77. The summed E-state index contributed by atoms with van der Waals surface area (Å²) in [6.07, 6.45) is 0.760. The highest BCUT2D eigenvalue weighted by Gasteiger charge is 2.32. The highest BCUT2D eigenvalue weighted by atomic mass is 16.6. The average Bonchev–Trinajstić information content (AvgIpc) is 2.89. The number of fused-ring (bicyclic) bond motifs is 1. The number of nitrogens with zero attached hydrogens (tertiary/aromatic N) is 1. The van der Waals surface area contributed by atoms with E-state index in [-0.39, 0.29) is 24.7 Å². The van der Waals surface area contributed by atoms with Crippen LogP contribution in [0.3, 0.4) is 0 Å². The predicted octanol–water partition coefficient (Wildman–Crippen LogP) is 0.527. The van der Waals surface area contributed by atoms with Gasteiger partial charge in [0.1, 0.15) is 5.60 Å². The topological polar surface area (TPSA) is 94.2 Å². The second-order valence-electron chi connectivity index (χ2n) is 6.80. The zero-order chi connectivity index (χ0) is 19.3. The highest BCUT2D eigenvalue weighted by Crippen LogP contribution is 2.41. The molecule has 8 heteroatoms. The molecule has 142 valence electrons. The van der Waals surface area contributed by atoms with Crippen LogP contribution < -0.4 is 14.8 Å². The normalized spacial score (nSPS) is 14.0. The molecule has 0 atom stereocenters. The van der Waals surface area contributed by atoms with Crippen LogP contribution in [0.2, 0.25) is 0 Å². The quantitative estimate of drug-likeness (QED) is 0.709. The fourth-order valence-corrected chi connectivity index (χ4v) is 2.41. The van der Waals surface area contributed by atoms with Crippen molar-refractivity contribution in [3.63, 3.8) is 0 Å². The molecule has 0 aromatic heterocycles. The van der Waals surface area contributed by atoms with E-state index in [1.165, 1.54) is 4.90 Å². The van der Waals surface area contributed by atoms with Crippen molar-refractivity contribution in [2.75, 3.05) is 33.9 Å². The molecule has 2 amide bonds. The number of carbonyl (C=O) groups excluding carboxylic acids is 3. The molecule has 2 rings (SSSR count). The SMILES string of the molecule is CN(C)C(=O)CNC(=O)COC(=O)COc1cccc2c1OC(C)(C)C2. The Bertz CT molecular complexity index is 699. The molecule has 1 heterocycles. The number of rotatable bonds is 7. The highest BCUT2D eigenvalue weighted by molar-refractivity contribution is 5.86. The van der Waals surface area contributed by atoms with Crippen LogP contribution in [-0.4, -0.2) is 62.1 Å². The zero-order valence-corrected chi connectivity index (χ0v) is 15.5. The molecule has 0 radical (unpaired) electrons. The summed E-state index contributed by atoms with van der Waals surface area (Å²) in [7, 11) is 3.16.